The van der Waals surface area contributed by atoms with Crippen molar-refractivity contribution in [3.63, 3.8) is 0 Å². The molecule has 1 rings (SSSR count). The van der Waals surface area contributed by atoms with Crippen molar-refractivity contribution in [2.45, 2.75) is 0 Å². The van der Waals surface area contributed by atoms with Gasteiger partial charge in [0.2, 0.25) is 0 Å². The molecule has 0 aliphatic rings. The predicted molar refractivity (Wildman–Crippen MR) is 31.9 cm³/mol. The second kappa shape index (κ2) is 4.06. The van der Waals surface area contributed by atoms with E-state index in [2.05, 4.69) is 20.9 Å². The predicted octanol–water partition coefficient (Wildman–Crippen LogP) is 1.84. The summed E-state index contributed by atoms with van der Waals surface area (Å²) in [6.07, 6.45) is 3.49. The van der Waals surface area contributed by atoms with Gasteiger partial charge in [-0.3, -0.25) is 4.98 Å². The van der Waals surface area contributed by atoms with Crippen LogP contribution in [0, 0.1) is 0 Å². The van der Waals surface area contributed by atoms with E-state index in [9.17, 15) is 0 Å². The Balaban J connectivity index is 0.000000490. The van der Waals surface area contributed by atoms with Crippen LogP contribution in [0.5, 0.6) is 0 Å². The Morgan fingerprint density at radius 1 is 1.50 bits per heavy atom. The summed E-state index contributed by atoms with van der Waals surface area (Å²) >= 11 is 3.25. The number of hydrogen-bond donors (Lipinski definition) is 0. The van der Waals surface area contributed by atoms with E-state index in [1.807, 2.05) is 12.1 Å². The third-order valence-corrected chi connectivity index (χ3v) is 1.09. The third kappa shape index (κ3) is 2.45. The molecule has 0 atom stereocenters. The molecule has 0 fully saturated rings. The van der Waals surface area contributed by atoms with Crippen LogP contribution >= 0.6 is 15.9 Å². The molecule has 0 aromatic carbocycles. The summed E-state index contributed by atoms with van der Waals surface area (Å²) in [4.78, 5) is 3.84. The van der Waals surface area contributed by atoms with Gasteiger partial charge in [0.05, 0.1) is 0 Å². The minimum atomic E-state index is 0. The molecule has 3 heteroatoms. The Bertz CT molecular complexity index is 142. The molecule has 0 spiro atoms. The minimum Gasteiger partial charge on any atom is -0.264 e. The van der Waals surface area contributed by atoms with Crippen molar-refractivity contribution in [3.05, 3.63) is 29.0 Å². The van der Waals surface area contributed by atoms with Gasteiger partial charge in [-0.1, -0.05) is 0 Å². The smallest absolute Gasteiger partial charge is 0.0410 e. The molecule has 0 aliphatic carbocycles. The molecule has 1 heterocycles. The number of rotatable bonds is 0. The SMILES string of the molecule is Brc1cccnc1.[Co]. The van der Waals surface area contributed by atoms with E-state index in [0.29, 0.717) is 0 Å². The first-order chi connectivity index (χ1) is 3.39. The van der Waals surface area contributed by atoms with Gasteiger partial charge in [-0.2, -0.15) is 0 Å². The summed E-state index contributed by atoms with van der Waals surface area (Å²) in [5, 5.41) is 0. The monoisotopic (exact) mass is 216 g/mol. The first-order valence-corrected chi connectivity index (χ1v) is 2.74. The fourth-order valence-corrected chi connectivity index (χ4v) is 0.613. The van der Waals surface area contributed by atoms with Crippen molar-refractivity contribution in [2.75, 3.05) is 0 Å². The minimum absolute atomic E-state index is 0. The number of pyridine rings is 1. The number of nitrogens with zero attached hydrogens (tertiary/aromatic N) is 1. The zero-order valence-corrected chi connectivity index (χ0v) is 6.59. The first-order valence-electron chi connectivity index (χ1n) is 1.95. The van der Waals surface area contributed by atoms with Crippen molar-refractivity contribution in [1.82, 2.24) is 4.98 Å². The second-order valence-electron chi connectivity index (χ2n) is 1.17. The van der Waals surface area contributed by atoms with E-state index < -0.39 is 0 Å². The van der Waals surface area contributed by atoms with Crippen LogP contribution in [-0.4, -0.2) is 4.98 Å². The van der Waals surface area contributed by atoms with Gasteiger partial charge in [0.15, 0.2) is 0 Å². The zero-order valence-electron chi connectivity index (χ0n) is 3.97. The average Bonchev–Trinajstić information content (AvgIpc) is 1.69. The van der Waals surface area contributed by atoms with Crippen molar-refractivity contribution >= 4 is 15.9 Å². The summed E-state index contributed by atoms with van der Waals surface area (Å²) in [7, 11) is 0. The molecule has 45 valence electrons. The quantitative estimate of drug-likeness (QED) is 0.645. The van der Waals surface area contributed by atoms with Gasteiger partial charge < -0.3 is 0 Å². The summed E-state index contributed by atoms with van der Waals surface area (Å²) in [5.74, 6) is 0. The Morgan fingerprint density at radius 2 is 2.25 bits per heavy atom. The van der Waals surface area contributed by atoms with Crippen molar-refractivity contribution < 1.29 is 16.8 Å². The Morgan fingerprint density at radius 3 is 2.50 bits per heavy atom. The maximum atomic E-state index is 3.84. The van der Waals surface area contributed by atoms with Crippen molar-refractivity contribution in [1.29, 1.82) is 0 Å². The molecule has 0 amide bonds. The number of hydrogen-bond acceptors (Lipinski definition) is 1. The molecule has 0 saturated heterocycles. The first kappa shape index (κ1) is 8.14. The molecular weight excluding hydrogens is 213 g/mol. The van der Waals surface area contributed by atoms with Gasteiger partial charge in [-0.05, 0) is 28.1 Å². The molecular formula is C5H4BrCoN. The van der Waals surface area contributed by atoms with Gasteiger partial charge in [0, 0.05) is 33.6 Å². The normalized spacial score (nSPS) is 7.62. The van der Waals surface area contributed by atoms with Crippen LogP contribution in [-0.2, 0) is 16.8 Å². The topological polar surface area (TPSA) is 12.9 Å². The largest absolute Gasteiger partial charge is 0.264 e. The molecule has 0 unspecified atom stereocenters. The molecule has 0 aliphatic heterocycles. The Hall–Kier alpha value is 0.136. The maximum absolute atomic E-state index is 3.84. The molecule has 0 bridgehead atoms. The van der Waals surface area contributed by atoms with Crippen molar-refractivity contribution in [2.24, 2.45) is 0 Å². The number of aromatic nitrogens is 1. The van der Waals surface area contributed by atoms with Crippen LogP contribution in [0.2, 0.25) is 0 Å². The van der Waals surface area contributed by atoms with Crippen LogP contribution in [0.3, 0.4) is 0 Å². The molecule has 1 radical (unpaired) electrons. The van der Waals surface area contributed by atoms with Crippen LogP contribution < -0.4 is 0 Å². The van der Waals surface area contributed by atoms with E-state index in [-0.39, 0.29) is 16.8 Å². The van der Waals surface area contributed by atoms with Gasteiger partial charge in [-0.15, -0.1) is 0 Å². The van der Waals surface area contributed by atoms with Gasteiger partial charge in [-0.25, -0.2) is 0 Å². The molecule has 0 N–H and O–H groups in total. The van der Waals surface area contributed by atoms with E-state index in [0.717, 1.165) is 4.47 Å². The van der Waals surface area contributed by atoms with Gasteiger partial charge in [0.25, 0.3) is 0 Å². The average molecular weight is 217 g/mol. The fraction of sp³-hybridized carbons (Fsp3) is 0. The van der Waals surface area contributed by atoms with E-state index in [4.69, 9.17) is 0 Å². The standard InChI is InChI=1S/C5H4BrN.Co/c6-5-2-1-3-7-4-5;/h1-4H;. The van der Waals surface area contributed by atoms with E-state index >= 15 is 0 Å². The summed E-state index contributed by atoms with van der Waals surface area (Å²) in [5.41, 5.74) is 0. The van der Waals surface area contributed by atoms with Crippen molar-refractivity contribution in [3.8, 4) is 0 Å². The van der Waals surface area contributed by atoms with Crippen LogP contribution in [0.4, 0.5) is 0 Å². The summed E-state index contributed by atoms with van der Waals surface area (Å²) in [6, 6.07) is 3.82. The molecule has 8 heavy (non-hydrogen) atoms. The van der Waals surface area contributed by atoms with Crippen LogP contribution in [0.15, 0.2) is 29.0 Å². The third-order valence-electron chi connectivity index (χ3n) is 0.625. The van der Waals surface area contributed by atoms with Gasteiger partial charge in [0.1, 0.15) is 0 Å². The van der Waals surface area contributed by atoms with Crippen LogP contribution in [0.25, 0.3) is 0 Å². The Kier molecular flexibility index (Phi) is 4.13. The molecule has 1 nitrogen and oxygen atoms in total. The summed E-state index contributed by atoms with van der Waals surface area (Å²) in [6.45, 7) is 0. The molecule has 1 aromatic rings. The van der Waals surface area contributed by atoms with Crippen LogP contribution in [0.1, 0.15) is 0 Å². The zero-order chi connectivity index (χ0) is 5.11. The molecule has 1 aromatic heterocycles. The van der Waals surface area contributed by atoms with E-state index in [1.54, 1.807) is 12.4 Å². The summed E-state index contributed by atoms with van der Waals surface area (Å²) < 4.78 is 1.02. The maximum Gasteiger partial charge on any atom is 0.0410 e. The Labute approximate surface area is 66.8 Å². The fourth-order valence-electron chi connectivity index (χ4n) is 0.342. The van der Waals surface area contributed by atoms with E-state index in [1.165, 1.54) is 0 Å². The van der Waals surface area contributed by atoms with Gasteiger partial charge >= 0.3 is 0 Å². The second-order valence-corrected chi connectivity index (χ2v) is 2.09. The number of halogens is 1. The molecule has 0 saturated carbocycles.